The summed E-state index contributed by atoms with van der Waals surface area (Å²) in [6.45, 7) is 5.58. The Morgan fingerprint density at radius 2 is 1.95 bits per heavy atom. The van der Waals surface area contributed by atoms with E-state index in [9.17, 15) is 9.59 Å². The molecule has 1 atom stereocenters. The van der Waals surface area contributed by atoms with Crippen LogP contribution < -0.4 is 14.8 Å². The van der Waals surface area contributed by atoms with Gasteiger partial charge in [-0.05, 0) is 31.9 Å². The first kappa shape index (κ1) is 17.6. The van der Waals surface area contributed by atoms with Gasteiger partial charge in [-0.25, -0.2) is 4.79 Å². The predicted molar refractivity (Wildman–Crippen MR) is 82.1 cm³/mol. The number of hydrogen-bond donors (Lipinski definition) is 2. The van der Waals surface area contributed by atoms with Gasteiger partial charge in [0.2, 0.25) is 0 Å². The lowest BCUT2D eigenvalue weighted by atomic mass is 10.1. The molecule has 0 aliphatic heterocycles. The van der Waals surface area contributed by atoms with Crippen molar-refractivity contribution >= 4 is 11.9 Å². The van der Waals surface area contributed by atoms with Gasteiger partial charge in [0.1, 0.15) is 6.04 Å². The molecule has 1 aromatic rings. The van der Waals surface area contributed by atoms with Crippen LogP contribution >= 0.6 is 0 Å². The van der Waals surface area contributed by atoms with Gasteiger partial charge >= 0.3 is 5.97 Å². The van der Waals surface area contributed by atoms with E-state index in [0.717, 1.165) is 0 Å². The van der Waals surface area contributed by atoms with Gasteiger partial charge in [0.25, 0.3) is 5.91 Å². The maximum absolute atomic E-state index is 11.8. The Kier molecular flexibility index (Phi) is 7.53. The fourth-order valence-electron chi connectivity index (χ4n) is 1.77. The van der Waals surface area contributed by atoms with Gasteiger partial charge in [0.15, 0.2) is 18.1 Å². The van der Waals surface area contributed by atoms with Crippen molar-refractivity contribution in [1.29, 1.82) is 0 Å². The average molecular weight is 307 g/mol. The number of carboxylic acid groups (broad SMARTS) is 1. The molecule has 2 N–H and O–H groups in total. The highest BCUT2D eigenvalue weighted by atomic mass is 16.5. The van der Waals surface area contributed by atoms with Crippen LogP contribution in [0.25, 0.3) is 0 Å². The summed E-state index contributed by atoms with van der Waals surface area (Å²) in [5.41, 5.74) is 0. The molecule has 1 unspecified atom stereocenters. The van der Waals surface area contributed by atoms with Crippen molar-refractivity contribution in [3.63, 3.8) is 0 Å². The van der Waals surface area contributed by atoms with E-state index in [4.69, 9.17) is 14.6 Å². The van der Waals surface area contributed by atoms with Crippen LogP contribution in [0.15, 0.2) is 36.9 Å². The number of nitrogens with one attached hydrogen (secondary N) is 1. The lowest BCUT2D eigenvalue weighted by molar-refractivity contribution is -0.142. The average Bonchev–Trinajstić information content (AvgIpc) is 2.50. The largest absolute Gasteiger partial charge is 0.490 e. The second-order valence-electron chi connectivity index (χ2n) is 4.49. The van der Waals surface area contributed by atoms with Crippen LogP contribution in [0.5, 0.6) is 11.5 Å². The molecular weight excluding hydrogens is 286 g/mol. The summed E-state index contributed by atoms with van der Waals surface area (Å²) in [5, 5.41) is 11.5. The third kappa shape index (κ3) is 5.87. The maximum atomic E-state index is 11.8. The Labute approximate surface area is 129 Å². The normalized spacial score (nSPS) is 11.3. The molecule has 6 nitrogen and oxygen atoms in total. The van der Waals surface area contributed by atoms with E-state index < -0.39 is 17.9 Å². The Morgan fingerprint density at radius 1 is 1.32 bits per heavy atom. The van der Waals surface area contributed by atoms with E-state index in [1.165, 1.54) is 0 Å². The molecule has 0 aromatic heterocycles. The first-order valence-corrected chi connectivity index (χ1v) is 7.06. The van der Waals surface area contributed by atoms with Gasteiger partial charge in [-0.2, -0.15) is 0 Å². The minimum atomic E-state index is -1.08. The van der Waals surface area contributed by atoms with Gasteiger partial charge in [0, 0.05) is 0 Å². The molecule has 0 aliphatic rings. The Hall–Kier alpha value is -2.50. The zero-order valence-electron chi connectivity index (χ0n) is 12.6. The fraction of sp³-hybridized carbons (Fsp3) is 0.375. The number of para-hydroxylation sites is 2. The van der Waals surface area contributed by atoms with Crippen LogP contribution in [0.3, 0.4) is 0 Å². The van der Waals surface area contributed by atoms with Crippen molar-refractivity contribution in [2.75, 3.05) is 13.2 Å². The quantitative estimate of drug-likeness (QED) is 0.646. The summed E-state index contributed by atoms with van der Waals surface area (Å²) in [6.07, 6.45) is 2.41. The molecule has 0 spiro atoms. The zero-order valence-corrected chi connectivity index (χ0v) is 12.6. The minimum absolute atomic E-state index is 0.276. The molecule has 120 valence electrons. The first-order valence-electron chi connectivity index (χ1n) is 7.06. The number of benzene rings is 1. The summed E-state index contributed by atoms with van der Waals surface area (Å²) >= 11 is 0. The summed E-state index contributed by atoms with van der Waals surface area (Å²) in [5.74, 6) is -0.593. The maximum Gasteiger partial charge on any atom is 0.326 e. The number of amides is 1. The van der Waals surface area contributed by atoms with Crippen LogP contribution in [0.4, 0.5) is 0 Å². The molecule has 1 aromatic carbocycles. The number of carbonyl (C=O) groups is 2. The lowest BCUT2D eigenvalue weighted by Gasteiger charge is -2.15. The molecule has 0 fully saturated rings. The van der Waals surface area contributed by atoms with Crippen molar-refractivity contribution < 1.29 is 24.2 Å². The monoisotopic (exact) mass is 307 g/mol. The predicted octanol–water partition coefficient (Wildman–Crippen LogP) is 2.00. The molecule has 0 bridgehead atoms. The van der Waals surface area contributed by atoms with E-state index in [0.29, 0.717) is 30.9 Å². The number of ether oxygens (including phenoxy) is 2. The van der Waals surface area contributed by atoms with Crippen molar-refractivity contribution in [1.82, 2.24) is 5.32 Å². The highest BCUT2D eigenvalue weighted by molar-refractivity contribution is 5.84. The second kappa shape index (κ2) is 9.44. The molecule has 0 radical (unpaired) electrons. The van der Waals surface area contributed by atoms with E-state index in [1.54, 1.807) is 30.3 Å². The Bertz CT molecular complexity index is 515. The number of allylic oxidation sites excluding steroid dienone is 1. The molecule has 6 heteroatoms. The molecule has 0 saturated heterocycles. The number of rotatable bonds is 10. The standard InChI is InChI=1S/C16H21NO5/c1-3-5-8-12(16(19)20)17-15(18)11-22-14-10-7-6-9-13(14)21-4-2/h3,6-7,9-10,12H,1,4-5,8,11H2,2H3,(H,17,18)(H,19,20). The first-order chi connectivity index (χ1) is 10.6. The van der Waals surface area contributed by atoms with E-state index >= 15 is 0 Å². The Balaban J connectivity index is 2.54. The molecule has 0 saturated carbocycles. The molecule has 1 rings (SSSR count). The number of aliphatic carboxylic acids is 1. The minimum Gasteiger partial charge on any atom is -0.490 e. The number of carboxylic acids is 1. The van der Waals surface area contributed by atoms with Crippen molar-refractivity contribution in [3.05, 3.63) is 36.9 Å². The highest BCUT2D eigenvalue weighted by Crippen LogP contribution is 2.26. The third-order valence-electron chi connectivity index (χ3n) is 2.80. The fourth-order valence-corrected chi connectivity index (χ4v) is 1.77. The van der Waals surface area contributed by atoms with Crippen LogP contribution in [-0.2, 0) is 9.59 Å². The van der Waals surface area contributed by atoms with Gasteiger partial charge in [-0.1, -0.05) is 18.2 Å². The van der Waals surface area contributed by atoms with Gasteiger partial charge in [-0.3, -0.25) is 4.79 Å². The molecule has 0 aliphatic carbocycles. The summed E-state index contributed by atoms with van der Waals surface area (Å²) < 4.78 is 10.8. The van der Waals surface area contributed by atoms with Crippen LogP contribution in [0.2, 0.25) is 0 Å². The summed E-state index contributed by atoms with van der Waals surface area (Å²) in [7, 11) is 0. The number of hydrogen-bond acceptors (Lipinski definition) is 4. The number of carbonyl (C=O) groups excluding carboxylic acids is 1. The van der Waals surface area contributed by atoms with Gasteiger partial charge < -0.3 is 19.9 Å². The summed E-state index contributed by atoms with van der Waals surface area (Å²) in [6, 6.07) is 6.04. The van der Waals surface area contributed by atoms with Gasteiger partial charge in [0.05, 0.1) is 6.61 Å². The van der Waals surface area contributed by atoms with Crippen LogP contribution in [0.1, 0.15) is 19.8 Å². The molecule has 22 heavy (non-hydrogen) atoms. The van der Waals surface area contributed by atoms with Crippen molar-refractivity contribution in [2.24, 2.45) is 0 Å². The topological polar surface area (TPSA) is 84.9 Å². The van der Waals surface area contributed by atoms with E-state index in [2.05, 4.69) is 11.9 Å². The molecule has 0 heterocycles. The van der Waals surface area contributed by atoms with Crippen LogP contribution in [0, 0.1) is 0 Å². The van der Waals surface area contributed by atoms with Crippen molar-refractivity contribution in [3.8, 4) is 11.5 Å². The lowest BCUT2D eigenvalue weighted by Crippen LogP contribution is -2.42. The van der Waals surface area contributed by atoms with Crippen molar-refractivity contribution in [2.45, 2.75) is 25.8 Å². The van der Waals surface area contributed by atoms with Crippen LogP contribution in [-0.4, -0.2) is 36.2 Å². The molecular formula is C16H21NO5. The summed E-state index contributed by atoms with van der Waals surface area (Å²) in [4.78, 5) is 22.8. The zero-order chi connectivity index (χ0) is 16.4. The molecule has 1 amide bonds. The highest BCUT2D eigenvalue weighted by Gasteiger charge is 2.19. The van der Waals surface area contributed by atoms with Gasteiger partial charge in [-0.15, -0.1) is 6.58 Å². The SMILES string of the molecule is C=CCCC(NC(=O)COc1ccccc1OCC)C(=O)O. The second-order valence-corrected chi connectivity index (χ2v) is 4.49. The van der Waals surface area contributed by atoms with E-state index in [-0.39, 0.29) is 6.61 Å². The Morgan fingerprint density at radius 3 is 2.50 bits per heavy atom. The van der Waals surface area contributed by atoms with E-state index in [1.807, 2.05) is 6.92 Å². The third-order valence-corrected chi connectivity index (χ3v) is 2.80. The smallest absolute Gasteiger partial charge is 0.326 e.